The van der Waals surface area contributed by atoms with Crippen molar-refractivity contribution < 1.29 is 13.2 Å². The van der Waals surface area contributed by atoms with E-state index < -0.39 is 10.0 Å². The van der Waals surface area contributed by atoms with Crippen LogP contribution in [-0.2, 0) is 21.3 Å². The number of aryl methyl sites for hydroxylation is 2. The van der Waals surface area contributed by atoms with E-state index in [0.717, 1.165) is 0 Å². The first kappa shape index (κ1) is 18.4. The maximum atomic E-state index is 12.9. The van der Waals surface area contributed by atoms with Crippen molar-refractivity contribution in [3.63, 3.8) is 0 Å². The highest BCUT2D eigenvalue weighted by Gasteiger charge is 2.32. The highest BCUT2D eigenvalue weighted by Crippen LogP contribution is 2.25. The predicted octanol–water partition coefficient (Wildman–Crippen LogP) is 1.78. The number of alkyl halides is 1. The molecule has 122 valence electrons. The summed E-state index contributed by atoms with van der Waals surface area (Å²) in [6.07, 6.45) is 0. The number of halogens is 1. The molecule has 0 fully saturated rings. The van der Waals surface area contributed by atoms with E-state index in [1.165, 1.54) is 4.31 Å². The van der Waals surface area contributed by atoms with E-state index in [1.807, 2.05) is 13.8 Å². The van der Waals surface area contributed by atoms with Crippen molar-refractivity contribution in [1.29, 1.82) is 0 Å². The lowest BCUT2D eigenvalue weighted by Gasteiger charge is -2.25. The minimum atomic E-state index is -3.60. The molecule has 21 heavy (non-hydrogen) atoms. The van der Waals surface area contributed by atoms with Crippen LogP contribution >= 0.6 is 11.6 Å². The Morgan fingerprint density at radius 2 is 2.00 bits per heavy atom. The number of sulfonamides is 1. The van der Waals surface area contributed by atoms with Crippen molar-refractivity contribution in [1.82, 2.24) is 14.1 Å². The number of nitrogens with zero attached hydrogens (tertiary/aromatic N) is 3. The molecular weight excluding hydrogens is 314 g/mol. The number of methoxy groups -OCH3 is 1. The predicted molar refractivity (Wildman–Crippen MR) is 83.3 cm³/mol. The summed E-state index contributed by atoms with van der Waals surface area (Å²) in [6.45, 7) is 8.32. The summed E-state index contributed by atoms with van der Waals surface area (Å²) in [5, 5.41) is 4.28. The zero-order valence-corrected chi connectivity index (χ0v) is 14.8. The molecule has 0 aliphatic carbocycles. The standard InChI is InChI=1S/C13H24ClN3O3S/c1-10(2)17(8-9-20-5)21(18,19)13-11(3)15-16(7-6-14)12(13)4/h10H,6-9H2,1-5H3. The lowest BCUT2D eigenvalue weighted by molar-refractivity contribution is 0.171. The molecule has 0 aliphatic heterocycles. The first-order valence-electron chi connectivity index (χ1n) is 6.88. The number of hydrogen-bond donors (Lipinski definition) is 0. The Labute approximate surface area is 132 Å². The quantitative estimate of drug-likeness (QED) is 0.678. The molecule has 0 N–H and O–H groups in total. The SMILES string of the molecule is COCCN(C(C)C)S(=O)(=O)c1c(C)nn(CCCl)c1C. The molecule has 0 atom stereocenters. The fraction of sp³-hybridized carbons (Fsp3) is 0.769. The van der Waals surface area contributed by atoms with Crippen molar-refractivity contribution in [3.05, 3.63) is 11.4 Å². The molecule has 0 amide bonds. The minimum absolute atomic E-state index is 0.152. The van der Waals surface area contributed by atoms with E-state index in [0.29, 0.717) is 37.0 Å². The third-order valence-electron chi connectivity index (χ3n) is 3.27. The normalized spacial score (nSPS) is 12.6. The molecule has 0 aliphatic rings. The molecule has 8 heteroatoms. The summed E-state index contributed by atoms with van der Waals surface area (Å²) in [7, 11) is -2.05. The van der Waals surface area contributed by atoms with Gasteiger partial charge in [0.15, 0.2) is 0 Å². The van der Waals surface area contributed by atoms with Gasteiger partial charge in [0.1, 0.15) is 4.90 Å². The summed E-state index contributed by atoms with van der Waals surface area (Å²) in [5.74, 6) is 0.388. The zero-order chi connectivity index (χ0) is 16.2. The molecule has 0 unspecified atom stereocenters. The van der Waals surface area contributed by atoms with Gasteiger partial charge in [-0.3, -0.25) is 4.68 Å². The number of hydrogen-bond acceptors (Lipinski definition) is 4. The van der Waals surface area contributed by atoms with Gasteiger partial charge in [-0.2, -0.15) is 9.40 Å². The second-order valence-corrected chi connectivity index (χ2v) is 7.32. The maximum Gasteiger partial charge on any atom is 0.247 e. The molecule has 1 heterocycles. The number of ether oxygens (including phenoxy) is 1. The van der Waals surface area contributed by atoms with Gasteiger partial charge in [0.25, 0.3) is 0 Å². The topological polar surface area (TPSA) is 64.4 Å². The Hall–Kier alpha value is -0.630. The third-order valence-corrected chi connectivity index (χ3v) is 5.77. The molecule has 0 radical (unpaired) electrons. The van der Waals surface area contributed by atoms with Crippen molar-refractivity contribution in [2.45, 2.75) is 45.2 Å². The van der Waals surface area contributed by atoms with E-state index in [2.05, 4.69) is 5.10 Å². The van der Waals surface area contributed by atoms with E-state index >= 15 is 0 Å². The Kier molecular flexibility index (Phi) is 6.65. The van der Waals surface area contributed by atoms with Crippen LogP contribution in [-0.4, -0.2) is 54.7 Å². The molecular formula is C13H24ClN3O3S. The summed E-state index contributed by atoms with van der Waals surface area (Å²) >= 11 is 5.73. The molecule has 0 spiro atoms. The Balaban J connectivity index is 3.28. The van der Waals surface area contributed by atoms with E-state index in [1.54, 1.807) is 25.6 Å². The van der Waals surface area contributed by atoms with Crippen LogP contribution in [0.15, 0.2) is 4.90 Å². The molecule has 1 aromatic heterocycles. The van der Waals surface area contributed by atoms with Gasteiger partial charge >= 0.3 is 0 Å². The monoisotopic (exact) mass is 337 g/mol. The van der Waals surface area contributed by atoms with E-state index in [-0.39, 0.29) is 10.9 Å². The fourth-order valence-corrected chi connectivity index (χ4v) is 4.46. The van der Waals surface area contributed by atoms with Crippen LogP contribution in [0.1, 0.15) is 25.2 Å². The van der Waals surface area contributed by atoms with Crippen LogP contribution in [0, 0.1) is 13.8 Å². The van der Waals surface area contributed by atoms with Crippen LogP contribution in [0.25, 0.3) is 0 Å². The molecule has 0 aromatic carbocycles. The molecule has 0 bridgehead atoms. The molecule has 0 saturated heterocycles. The van der Waals surface area contributed by atoms with Gasteiger partial charge in [0.05, 0.1) is 24.5 Å². The van der Waals surface area contributed by atoms with Gasteiger partial charge in [-0.25, -0.2) is 8.42 Å². The van der Waals surface area contributed by atoms with Crippen LogP contribution in [0.4, 0.5) is 0 Å². The van der Waals surface area contributed by atoms with E-state index in [9.17, 15) is 8.42 Å². The highest BCUT2D eigenvalue weighted by atomic mass is 35.5. The highest BCUT2D eigenvalue weighted by molar-refractivity contribution is 7.89. The van der Waals surface area contributed by atoms with Crippen molar-refractivity contribution in [2.24, 2.45) is 0 Å². The molecule has 1 aromatic rings. The average Bonchev–Trinajstić information content (AvgIpc) is 2.65. The minimum Gasteiger partial charge on any atom is -0.383 e. The summed E-state index contributed by atoms with van der Waals surface area (Å²) in [6, 6.07) is -0.152. The van der Waals surface area contributed by atoms with E-state index in [4.69, 9.17) is 16.3 Å². The summed E-state index contributed by atoms with van der Waals surface area (Å²) in [4.78, 5) is 0.275. The van der Waals surface area contributed by atoms with Gasteiger partial charge in [0, 0.05) is 25.6 Å². The van der Waals surface area contributed by atoms with Gasteiger partial charge in [0.2, 0.25) is 10.0 Å². The Bertz CT molecular complexity index is 569. The molecule has 0 saturated carbocycles. The number of aromatic nitrogens is 2. The Morgan fingerprint density at radius 1 is 1.38 bits per heavy atom. The van der Waals surface area contributed by atoms with Crippen LogP contribution < -0.4 is 0 Å². The lowest BCUT2D eigenvalue weighted by Crippen LogP contribution is -2.39. The lowest BCUT2D eigenvalue weighted by atomic mass is 10.4. The van der Waals surface area contributed by atoms with Gasteiger partial charge in [-0.1, -0.05) is 0 Å². The third kappa shape index (κ3) is 3.97. The van der Waals surface area contributed by atoms with Crippen molar-refractivity contribution >= 4 is 21.6 Å². The largest absolute Gasteiger partial charge is 0.383 e. The van der Waals surface area contributed by atoms with Crippen LogP contribution in [0.3, 0.4) is 0 Å². The maximum absolute atomic E-state index is 12.9. The van der Waals surface area contributed by atoms with Gasteiger partial charge in [-0.05, 0) is 27.7 Å². The van der Waals surface area contributed by atoms with Gasteiger partial charge < -0.3 is 4.74 Å². The van der Waals surface area contributed by atoms with Crippen molar-refractivity contribution in [2.75, 3.05) is 26.1 Å². The zero-order valence-electron chi connectivity index (χ0n) is 13.3. The first-order valence-corrected chi connectivity index (χ1v) is 8.85. The fourth-order valence-electron chi connectivity index (χ4n) is 2.31. The average molecular weight is 338 g/mol. The first-order chi connectivity index (χ1) is 9.77. The van der Waals surface area contributed by atoms with Crippen molar-refractivity contribution in [3.8, 4) is 0 Å². The van der Waals surface area contributed by atoms with Crippen LogP contribution in [0.5, 0.6) is 0 Å². The number of rotatable bonds is 8. The Morgan fingerprint density at radius 3 is 2.48 bits per heavy atom. The summed E-state index contributed by atoms with van der Waals surface area (Å²) in [5.41, 5.74) is 1.12. The summed E-state index contributed by atoms with van der Waals surface area (Å²) < 4.78 is 33.9. The molecule has 6 nitrogen and oxygen atoms in total. The van der Waals surface area contributed by atoms with Crippen LogP contribution in [0.2, 0.25) is 0 Å². The smallest absolute Gasteiger partial charge is 0.247 e. The molecule has 1 rings (SSSR count). The van der Waals surface area contributed by atoms with Gasteiger partial charge in [-0.15, -0.1) is 11.6 Å². The second-order valence-electron chi connectivity index (χ2n) is 5.11. The second kappa shape index (κ2) is 7.58.